The Balaban J connectivity index is 2.36. The molecule has 10 nitrogen and oxygen atoms in total. The summed E-state index contributed by atoms with van der Waals surface area (Å²) >= 11 is 0.181. The molecule has 2 rings (SSSR count). The molecule has 0 bridgehead atoms. The van der Waals surface area contributed by atoms with Gasteiger partial charge in [-0.1, -0.05) is 12.1 Å². The summed E-state index contributed by atoms with van der Waals surface area (Å²) in [5.41, 5.74) is 7.03. The van der Waals surface area contributed by atoms with Gasteiger partial charge in [-0.05, 0) is 37.6 Å². The number of carbonyl (C=O) groups excluding carboxylic acids is 1. The molecule has 0 unspecified atom stereocenters. The number of hydrogen-bond donors (Lipinski definition) is 5. The van der Waals surface area contributed by atoms with Crippen LogP contribution in [0.5, 0.6) is 0 Å². The van der Waals surface area contributed by atoms with E-state index in [-0.39, 0.29) is 35.2 Å². The van der Waals surface area contributed by atoms with E-state index in [1.165, 1.54) is 29.3 Å². The van der Waals surface area contributed by atoms with E-state index in [9.17, 15) is 23.2 Å². The van der Waals surface area contributed by atoms with Gasteiger partial charge in [0.05, 0.1) is 18.2 Å². The van der Waals surface area contributed by atoms with Crippen molar-refractivity contribution in [3.05, 3.63) is 69.7 Å². The van der Waals surface area contributed by atoms with E-state index in [0.29, 0.717) is 34.0 Å². The van der Waals surface area contributed by atoms with Gasteiger partial charge in [-0.2, -0.15) is 0 Å². The molecule has 0 aliphatic carbocycles. The van der Waals surface area contributed by atoms with Crippen molar-refractivity contribution in [2.24, 2.45) is 0 Å². The molecule has 0 fully saturated rings. The molecule has 5 N–H and O–H groups in total. The van der Waals surface area contributed by atoms with Crippen molar-refractivity contribution in [1.29, 1.82) is 0 Å². The van der Waals surface area contributed by atoms with Crippen molar-refractivity contribution < 1.29 is 37.6 Å². The number of hydrogen-bond acceptors (Lipinski definition) is 6. The van der Waals surface area contributed by atoms with Crippen molar-refractivity contribution in [1.82, 2.24) is 14.9 Å². The fourth-order valence-corrected chi connectivity index (χ4v) is 4.01. The average molecular weight is 530 g/mol. The summed E-state index contributed by atoms with van der Waals surface area (Å²) in [6.07, 6.45) is 4.56. The van der Waals surface area contributed by atoms with Gasteiger partial charge in [-0.15, -0.1) is 11.4 Å². The minimum absolute atomic E-state index is 0.00523. The molecule has 1 aromatic carbocycles. The number of phosphoric ester groups is 1. The fourth-order valence-electron chi connectivity index (χ4n) is 2.76. The van der Waals surface area contributed by atoms with Crippen LogP contribution >= 0.6 is 19.2 Å². The number of rotatable bonds is 11. The van der Waals surface area contributed by atoms with Gasteiger partial charge in [-0.3, -0.25) is 9.32 Å². The van der Waals surface area contributed by atoms with Gasteiger partial charge in [0.15, 0.2) is 11.6 Å². The van der Waals surface area contributed by atoms with Gasteiger partial charge >= 0.3 is 7.82 Å². The first-order valence-corrected chi connectivity index (χ1v) is 12.4. The lowest BCUT2D eigenvalue weighted by atomic mass is 10.2. The molecular formula is C21H25F2N4O6PS. The Morgan fingerprint density at radius 3 is 2.63 bits per heavy atom. The molecular weight excluding hydrogens is 505 g/mol. The number of nitrogen functional groups attached to an aromatic ring is 1. The molecule has 1 amide bonds. The number of nitrogens with two attached hydrogens (primary N) is 1. The molecule has 14 heteroatoms. The molecule has 0 saturated heterocycles. The van der Waals surface area contributed by atoms with Crippen LogP contribution in [0.2, 0.25) is 0 Å². The summed E-state index contributed by atoms with van der Waals surface area (Å²) in [5, 5.41) is 10.2. The summed E-state index contributed by atoms with van der Waals surface area (Å²) in [7, 11) is -4.74. The van der Waals surface area contributed by atoms with Crippen LogP contribution in [0, 0.1) is 18.6 Å². The number of allylic oxidation sites excluding steroid dienone is 1. The average Bonchev–Trinajstić information content (AvgIpc) is 2.77. The maximum absolute atomic E-state index is 13.4. The zero-order valence-electron chi connectivity index (χ0n) is 18.8. The number of aromatic nitrogens is 2. The van der Waals surface area contributed by atoms with E-state index in [0.717, 1.165) is 12.1 Å². The maximum Gasteiger partial charge on any atom is 0.469 e. The van der Waals surface area contributed by atoms with Gasteiger partial charge in [0.2, 0.25) is 6.41 Å². The lowest BCUT2D eigenvalue weighted by molar-refractivity contribution is -0.116. The highest BCUT2D eigenvalue weighted by atomic mass is 32.1. The Labute approximate surface area is 204 Å². The number of anilines is 1. The number of benzene rings is 1. The summed E-state index contributed by atoms with van der Waals surface area (Å²) < 4.78 is 42.0. The first-order chi connectivity index (χ1) is 16.4. The predicted molar refractivity (Wildman–Crippen MR) is 130 cm³/mol. The zero-order valence-corrected chi connectivity index (χ0v) is 20.6. The molecule has 1 aromatic heterocycles. The minimum atomic E-state index is -4.74. The van der Waals surface area contributed by atoms with Crippen LogP contribution in [-0.4, -0.2) is 47.8 Å². The van der Waals surface area contributed by atoms with Crippen LogP contribution in [0.4, 0.5) is 14.6 Å². The number of amides is 1. The van der Waals surface area contributed by atoms with Gasteiger partial charge in [0.1, 0.15) is 11.6 Å². The van der Waals surface area contributed by atoms with Crippen LogP contribution < -0.4 is 5.73 Å². The predicted octanol–water partition coefficient (Wildman–Crippen LogP) is 3.20. The van der Waals surface area contributed by atoms with Crippen LogP contribution in [0.15, 0.2) is 41.1 Å². The topological polar surface area (TPSA) is 159 Å². The van der Waals surface area contributed by atoms with Crippen LogP contribution in [0.1, 0.15) is 30.3 Å². The number of carbonyl (C=O) groups is 1. The third kappa shape index (κ3) is 9.40. The molecule has 35 heavy (non-hydrogen) atoms. The smallest absolute Gasteiger partial charge is 0.383 e. The van der Waals surface area contributed by atoms with Crippen molar-refractivity contribution in [2.45, 2.75) is 26.8 Å². The van der Waals surface area contributed by atoms with Gasteiger partial charge in [0.25, 0.3) is 0 Å². The van der Waals surface area contributed by atoms with Gasteiger partial charge in [-0.25, -0.2) is 23.3 Å². The molecule has 0 radical (unpaired) electrons. The van der Waals surface area contributed by atoms with Crippen molar-refractivity contribution in [3.8, 4) is 0 Å². The van der Waals surface area contributed by atoms with Crippen molar-refractivity contribution in [2.75, 3.05) is 12.3 Å². The molecule has 2 aromatic rings. The van der Waals surface area contributed by atoms with Gasteiger partial charge < -0.3 is 25.5 Å². The Kier molecular flexibility index (Phi) is 10.4. The first kappa shape index (κ1) is 28.4. The molecule has 0 saturated carbocycles. The Morgan fingerprint density at radius 2 is 2.03 bits per heavy atom. The Bertz CT molecular complexity index is 1220. The summed E-state index contributed by atoms with van der Waals surface area (Å²) in [5.74, 6) is -1.41. The second kappa shape index (κ2) is 12.8. The molecule has 1 heterocycles. The number of aryl methyl sites for hydroxylation is 1. The van der Waals surface area contributed by atoms with Crippen molar-refractivity contribution >= 4 is 42.5 Å². The van der Waals surface area contributed by atoms with Gasteiger partial charge in [0, 0.05) is 28.8 Å². The van der Waals surface area contributed by atoms with E-state index in [1.54, 1.807) is 13.8 Å². The number of aliphatic hydroxyl groups excluding tert-OH is 1. The number of aliphatic hydroxyl groups is 1. The van der Waals surface area contributed by atoms with Crippen LogP contribution in [0.3, 0.4) is 0 Å². The summed E-state index contributed by atoms with van der Waals surface area (Å²) in [6, 6.07) is 3.21. The zero-order chi connectivity index (χ0) is 26.2. The highest BCUT2D eigenvalue weighted by molar-refractivity contribution is 8.02. The van der Waals surface area contributed by atoms with Crippen LogP contribution in [0.25, 0.3) is 6.08 Å². The largest absolute Gasteiger partial charge is 0.469 e. The molecule has 0 spiro atoms. The van der Waals surface area contributed by atoms with Crippen LogP contribution in [-0.2, 0) is 20.4 Å². The number of thiol groups is 1. The Hall–Kier alpha value is -2.80. The standard InChI is InChI=1S/C21H25F2N4O6PS/c1-13(27(12-28)11-16-10-25-14(2)26-21(16)24)19(7-8-33-34(30,31)32)35-20(29)6-4-15-3-5-17(22)18(23)9-15/h3-6,9-10,12,29,35H,7-8,11H2,1-2H3,(H2,24,25,26)(H2,30,31,32)/b6-4+,19-13-. The summed E-state index contributed by atoms with van der Waals surface area (Å²) in [4.78, 5) is 39.5. The maximum atomic E-state index is 13.4. The second-order valence-electron chi connectivity index (χ2n) is 7.14. The van der Waals surface area contributed by atoms with E-state index in [4.69, 9.17) is 15.5 Å². The molecule has 0 aliphatic rings. The third-order valence-corrected chi connectivity index (χ3v) is 6.27. The first-order valence-electron chi connectivity index (χ1n) is 10.00. The fraction of sp³-hybridized carbons (Fsp3) is 0.238. The monoisotopic (exact) mass is 530 g/mol. The van der Waals surface area contributed by atoms with Crippen molar-refractivity contribution in [3.63, 3.8) is 0 Å². The van der Waals surface area contributed by atoms with E-state index >= 15 is 0 Å². The molecule has 0 aliphatic heterocycles. The summed E-state index contributed by atoms with van der Waals surface area (Å²) in [6.45, 7) is 2.84. The number of nitrogens with zero attached hydrogens (tertiary/aromatic N) is 3. The Morgan fingerprint density at radius 1 is 1.31 bits per heavy atom. The second-order valence-corrected chi connectivity index (χ2v) is 9.60. The van der Waals surface area contributed by atoms with E-state index < -0.39 is 26.1 Å². The number of halogens is 2. The number of phosphoric acid groups is 1. The lowest BCUT2D eigenvalue weighted by Gasteiger charge is -2.21. The molecule has 190 valence electrons. The molecule has 0 atom stereocenters. The minimum Gasteiger partial charge on any atom is -0.383 e. The normalized spacial score (nSPS) is 13.4. The highest BCUT2D eigenvalue weighted by Crippen LogP contribution is 2.36. The van der Waals surface area contributed by atoms with E-state index in [2.05, 4.69) is 14.5 Å². The SMILES string of the molecule is C/C(=C(CCOP(=O)(O)O)/[SH]=C(O)\C=C\c1ccc(F)c(F)c1)N(C=O)Cc1cnc(C)nc1N. The lowest BCUT2D eigenvalue weighted by Crippen LogP contribution is -2.22. The quantitative estimate of drug-likeness (QED) is 0.0967. The van der Waals surface area contributed by atoms with E-state index in [1.807, 2.05) is 0 Å². The highest BCUT2D eigenvalue weighted by Gasteiger charge is 2.16. The third-order valence-electron chi connectivity index (χ3n) is 4.55.